The maximum Gasteiger partial charge on any atom is 0.408 e. The Hall–Kier alpha value is -2.57. The number of carbonyl (C=O) groups excluding carboxylic acids is 2. The van der Waals surface area contributed by atoms with Crippen molar-refractivity contribution in [3.63, 3.8) is 0 Å². The molecule has 1 rings (SSSR count). The molecule has 0 aliphatic rings. The van der Waals surface area contributed by atoms with Crippen LogP contribution in [-0.2, 0) is 20.9 Å². The van der Waals surface area contributed by atoms with E-state index >= 15 is 0 Å². The number of aliphatic carboxylic acids is 1. The van der Waals surface area contributed by atoms with Gasteiger partial charge in [-0.2, -0.15) is 0 Å². The number of amides is 2. The van der Waals surface area contributed by atoms with Gasteiger partial charge in [-0.15, -0.1) is 0 Å². The molecule has 0 aromatic heterocycles. The van der Waals surface area contributed by atoms with Crippen LogP contribution in [0.5, 0.6) is 0 Å². The van der Waals surface area contributed by atoms with Crippen LogP contribution in [-0.4, -0.2) is 34.7 Å². The standard InChI is InChI=1S/C16H22N2O5/c1-16(2,3)23-15(22)18-12(9-13(19)20)14(21)17-10-11-7-5-4-6-8-11/h4-8,12H,9-10H2,1-3H3,(H,17,21)(H,18,22)(H,19,20)/t12-/m0/s1. The fraction of sp³-hybridized carbons (Fsp3) is 0.438. The number of nitrogens with one attached hydrogen (secondary N) is 2. The SMILES string of the molecule is CC(C)(C)OC(=O)N[C@@H](CC(=O)O)C(=O)NCc1ccccc1. The van der Waals surface area contributed by atoms with Crippen LogP contribution in [0.2, 0.25) is 0 Å². The Bertz CT molecular complexity index is 551. The molecule has 0 radical (unpaired) electrons. The number of alkyl carbamates (subject to hydrolysis) is 1. The third kappa shape index (κ3) is 7.85. The first-order chi connectivity index (χ1) is 10.7. The second-order valence-corrected chi connectivity index (χ2v) is 6.00. The van der Waals surface area contributed by atoms with E-state index in [-0.39, 0.29) is 6.54 Å². The van der Waals surface area contributed by atoms with Gasteiger partial charge in [0.2, 0.25) is 5.91 Å². The average molecular weight is 322 g/mol. The van der Waals surface area contributed by atoms with Gasteiger partial charge in [-0.05, 0) is 26.3 Å². The highest BCUT2D eigenvalue weighted by atomic mass is 16.6. The molecule has 3 N–H and O–H groups in total. The monoisotopic (exact) mass is 322 g/mol. The Morgan fingerprint density at radius 3 is 2.30 bits per heavy atom. The molecule has 0 spiro atoms. The summed E-state index contributed by atoms with van der Waals surface area (Å²) < 4.78 is 5.04. The molecule has 0 saturated heterocycles. The molecule has 0 bridgehead atoms. The maximum absolute atomic E-state index is 12.1. The van der Waals surface area contributed by atoms with Crippen molar-refractivity contribution in [1.82, 2.24) is 10.6 Å². The zero-order valence-electron chi connectivity index (χ0n) is 13.5. The van der Waals surface area contributed by atoms with Gasteiger partial charge in [-0.3, -0.25) is 9.59 Å². The van der Waals surface area contributed by atoms with Gasteiger partial charge in [0.1, 0.15) is 11.6 Å². The second kappa shape index (κ2) is 8.17. The lowest BCUT2D eigenvalue weighted by molar-refractivity contribution is -0.139. The highest BCUT2D eigenvalue weighted by molar-refractivity contribution is 5.89. The molecule has 0 aliphatic heterocycles. The van der Waals surface area contributed by atoms with Crippen LogP contribution in [0.25, 0.3) is 0 Å². The molecule has 0 heterocycles. The lowest BCUT2D eigenvalue weighted by Crippen LogP contribution is -2.49. The smallest absolute Gasteiger partial charge is 0.408 e. The second-order valence-electron chi connectivity index (χ2n) is 6.00. The van der Waals surface area contributed by atoms with E-state index in [1.807, 2.05) is 30.3 Å². The first kappa shape index (κ1) is 18.5. The number of benzene rings is 1. The van der Waals surface area contributed by atoms with E-state index in [0.29, 0.717) is 0 Å². The minimum atomic E-state index is -1.20. The molecular weight excluding hydrogens is 300 g/mol. The van der Waals surface area contributed by atoms with Gasteiger partial charge in [0, 0.05) is 6.54 Å². The number of ether oxygens (including phenoxy) is 1. The summed E-state index contributed by atoms with van der Waals surface area (Å²) in [5, 5.41) is 13.8. The molecule has 7 heteroatoms. The average Bonchev–Trinajstić information content (AvgIpc) is 2.42. The van der Waals surface area contributed by atoms with Crippen LogP contribution in [0.15, 0.2) is 30.3 Å². The Kier molecular flexibility index (Phi) is 6.56. The summed E-state index contributed by atoms with van der Waals surface area (Å²) in [5.41, 5.74) is 0.130. The Balaban J connectivity index is 2.63. The zero-order valence-corrected chi connectivity index (χ0v) is 13.5. The Morgan fingerprint density at radius 2 is 1.78 bits per heavy atom. The van der Waals surface area contributed by atoms with Crippen LogP contribution >= 0.6 is 0 Å². The summed E-state index contributed by atoms with van der Waals surface area (Å²) in [6.07, 6.45) is -1.36. The van der Waals surface area contributed by atoms with Crippen molar-refractivity contribution < 1.29 is 24.2 Å². The van der Waals surface area contributed by atoms with Crippen LogP contribution in [0, 0.1) is 0 Å². The fourth-order valence-corrected chi connectivity index (χ4v) is 1.74. The molecule has 1 aromatic rings. The third-order valence-electron chi connectivity index (χ3n) is 2.70. The summed E-state index contributed by atoms with van der Waals surface area (Å²) in [7, 11) is 0. The van der Waals surface area contributed by atoms with Crippen molar-refractivity contribution >= 4 is 18.0 Å². The lowest BCUT2D eigenvalue weighted by atomic mass is 10.1. The van der Waals surface area contributed by atoms with Crippen molar-refractivity contribution in [3.05, 3.63) is 35.9 Å². The minimum absolute atomic E-state index is 0.242. The number of carboxylic acid groups (broad SMARTS) is 1. The number of hydrogen-bond donors (Lipinski definition) is 3. The molecule has 23 heavy (non-hydrogen) atoms. The Labute approximate surface area is 135 Å². The van der Waals surface area contributed by atoms with E-state index < -0.39 is 36.0 Å². The number of hydrogen-bond acceptors (Lipinski definition) is 4. The molecule has 126 valence electrons. The van der Waals surface area contributed by atoms with Crippen LogP contribution in [0.3, 0.4) is 0 Å². The van der Waals surface area contributed by atoms with Gasteiger partial charge in [0.25, 0.3) is 0 Å². The molecule has 1 atom stereocenters. The zero-order chi connectivity index (χ0) is 17.5. The molecule has 0 aliphatic carbocycles. The van der Waals surface area contributed by atoms with E-state index in [4.69, 9.17) is 9.84 Å². The minimum Gasteiger partial charge on any atom is -0.481 e. The van der Waals surface area contributed by atoms with Crippen molar-refractivity contribution in [2.24, 2.45) is 0 Å². The first-order valence-electron chi connectivity index (χ1n) is 7.20. The number of carboxylic acids is 1. The van der Waals surface area contributed by atoms with Gasteiger partial charge < -0.3 is 20.5 Å². The third-order valence-corrected chi connectivity index (χ3v) is 2.70. The van der Waals surface area contributed by atoms with Gasteiger partial charge >= 0.3 is 12.1 Å². The maximum atomic E-state index is 12.1. The van der Waals surface area contributed by atoms with E-state index in [0.717, 1.165) is 5.56 Å². The topological polar surface area (TPSA) is 105 Å². The van der Waals surface area contributed by atoms with Crippen molar-refractivity contribution in [3.8, 4) is 0 Å². The van der Waals surface area contributed by atoms with Gasteiger partial charge in [-0.25, -0.2) is 4.79 Å². The molecule has 0 saturated carbocycles. The summed E-state index contributed by atoms with van der Waals surface area (Å²) in [4.78, 5) is 34.7. The van der Waals surface area contributed by atoms with E-state index in [9.17, 15) is 14.4 Å². The van der Waals surface area contributed by atoms with Crippen LogP contribution < -0.4 is 10.6 Å². The predicted octanol–water partition coefficient (Wildman–Crippen LogP) is 1.67. The largest absolute Gasteiger partial charge is 0.481 e. The summed E-state index contributed by atoms with van der Waals surface area (Å²) in [6.45, 7) is 5.27. The normalized spacial score (nSPS) is 12.1. The van der Waals surface area contributed by atoms with Gasteiger partial charge in [0.05, 0.1) is 6.42 Å². The highest BCUT2D eigenvalue weighted by Gasteiger charge is 2.26. The molecule has 7 nitrogen and oxygen atoms in total. The van der Waals surface area contributed by atoms with Crippen molar-refractivity contribution in [2.45, 2.75) is 45.4 Å². The van der Waals surface area contributed by atoms with Crippen LogP contribution in [0.4, 0.5) is 4.79 Å². The predicted molar refractivity (Wildman–Crippen MR) is 83.7 cm³/mol. The summed E-state index contributed by atoms with van der Waals surface area (Å²) >= 11 is 0. The molecule has 1 aromatic carbocycles. The number of rotatable bonds is 6. The van der Waals surface area contributed by atoms with Crippen molar-refractivity contribution in [1.29, 1.82) is 0 Å². The fourth-order valence-electron chi connectivity index (χ4n) is 1.74. The van der Waals surface area contributed by atoms with Gasteiger partial charge in [0.15, 0.2) is 0 Å². The number of carbonyl (C=O) groups is 3. The quantitative estimate of drug-likeness (QED) is 0.739. The molecular formula is C16H22N2O5. The van der Waals surface area contributed by atoms with Crippen molar-refractivity contribution in [2.75, 3.05) is 0 Å². The molecule has 0 unspecified atom stereocenters. The van der Waals surface area contributed by atoms with Gasteiger partial charge in [-0.1, -0.05) is 30.3 Å². The van der Waals surface area contributed by atoms with E-state index in [1.54, 1.807) is 20.8 Å². The van der Waals surface area contributed by atoms with E-state index in [1.165, 1.54) is 0 Å². The molecule has 2 amide bonds. The highest BCUT2D eigenvalue weighted by Crippen LogP contribution is 2.07. The van der Waals surface area contributed by atoms with E-state index in [2.05, 4.69) is 10.6 Å². The summed E-state index contributed by atoms with van der Waals surface area (Å²) in [6, 6.07) is 7.96. The summed E-state index contributed by atoms with van der Waals surface area (Å²) in [5.74, 6) is -1.77. The van der Waals surface area contributed by atoms with Crippen LogP contribution in [0.1, 0.15) is 32.8 Å². The first-order valence-corrected chi connectivity index (χ1v) is 7.20. The molecule has 0 fully saturated rings. The lowest BCUT2D eigenvalue weighted by Gasteiger charge is -2.22. The Morgan fingerprint density at radius 1 is 1.17 bits per heavy atom.